The van der Waals surface area contributed by atoms with Crippen LogP contribution < -0.4 is 10.9 Å². The van der Waals surface area contributed by atoms with Crippen molar-refractivity contribution in [3.05, 3.63) is 79.3 Å². The van der Waals surface area contributed by atoms with E-state index in [9.17, 15) is 9.59 Å². The van der Waals surface area contributed by atoms with Crippen molar-refractivity contribution in [2.45, 2.75) is 12.1 Å². The van der Waals surface area contributed by atoms with Crippen LogP contribution in [0.1, 0.15) is 5.56 Å². The number of nitrogens with one attached hydrogen (secondary N) is 1. The second kappa shape index (κ2) is 8.93. The number of hydrogen-bond donors (Lipinski definition) is 1. The molecule has 0 bridgehead atoms. The predicted octanol–water partition coefficient (Wildman–Crippen LogP) is 5.90. The number of benzene rings is 2. The highest BCUT2D eigenvalue weighted by molar-refractivity contribution is 9.10. The minimum atomic E-state index is -0.207. The van der Waals surface area contributed by atoms with Crippen molar-refractivity contribution in [2.75, 3.05) is 11.1 Å². The Morgan fingerprint density at radius 2 is 2.00 bits per heavy atom. The summed E-state index contributed by atoms with van der Waals surface area (Å²) in [5, 5.41) is 5.73. The van der Waals surface area contributed by atoms with Crippen molar-refractivity contribution < 1.29 is 4.79 Å². The number of rotatable bonds is 5. The van der Waals surface area contributed by atoms with Crippen LogP contribution in [0.15, 0.2) is 68.3 Å². The van der Waals surface area contributed by atoms with Crippen molar-refractivity contribution in [2.24, 2.45) is 0 Å². The molecule has 30 heavy (non-hydrogen) atoms. The Kier molecular flexibility index (Phi) is 6.29. The smallest absolute Gasteiger partial charge is 0.276 e. The van der Waals surface area contributed by atoms with E-state index in [-0.39, 0.29) is 17.2 Å². The Morgan fingerprint density at radius 3 is 2.73 bits per heavy atom. The fourth-order valence-corrected chi connectivity index (χ4v) is 4.82. The molecular weight excluding hydrogens is 506 g/mol. The number of aryl methyl sites for hydroxylation is 1. The maximum atomic E-state index is 13.1. The number of carbonyl (C=O) groups is 1. The van der Waals surface area contributed by atoms with Gasteiger partial charge in [-0.3, -0.25) is 14.2 Å². The summed E-state index contributed by atoms with van der Waals surface area (Å²) in [6, 6.07) is 14.6. The number of amides is 1. The second-order valence-corrected chi connectivity index (χ2v) is 9.63. The predicted molar refractivity (Wildman–Crippen MR) is 128 cm³/mol. The van der Waals surface area contributed by atoms with Gasteiger partial charge in [-0.1, -0.05) is 45.4 Å². The molecule has 0 saturated carbocycles. The lowest BCUT2D eigenvalue weighted by atomic mass is 10.2. The fraction of sp³-hybridized carbons (Fsp3) is 0.0952. The van der Waals surface area contributed by atoms with E-state index in [0.717, 1.165) is 10.0 Å². The summed E-state index contributed by atoms with van der Waals surface area (Å²) in [6.07, 6.45) is 0. The van der Waals surface area contributed by atoms with Gasteiger partial charge in [-0.15, -0.1) is 11.3 Å². The summed E-state index contributed by atoms with van der Waals surface area (Å²) in [5.74, 6) is -0.105. The monoisotopic (exact) mass is 519 g/mol. The molecule has 0 aliphatic carbocycles. The van der Waals surface area contributed by atoms with Crippen LogP contribution in [0.2, 0.25) is 5.02 Å². The first-order chi connectivity index (χ1) is 14.4. The standard InChI is InChI=1S/C21H15BrClN3O2S2/c1-12-2-5-14(10-16(12)23)24-18(27)11-30-21-25-17-8-9-29-19(17)20(28)26(21)15-6-3-13(22)4-7-15/h2-10H,11H2,1H3,(H,24,27). The van der Waals surface area contributed by atoms with Gasteiger partial charge < -0.3 is 5.32 Å². The summed E-state index contributed by atoms with van der Waals surface area (Å²) >= 11 is 12.1. The molecule has 5 nitrogen and oxygen atoms in total. The van der Waals surface area contributed by atoms with Gasteiger partial charge in [-0.05, 0) is 60.3 Å². The first-order valence-corrected chi connectivity index (χ1v) is 11.9. The van der Waals surface area contributed by atoms with Crippen molar-refractivity contribution in [1.82, 2.24) is 9.55 Å². The molecule has 0 unspecified atom stereocenters. The van der Waals surface area contributed by atoms with E-state index in [1.807, 2.05) is 48.7 Å². The molecule has 4 rings (SSSR count). The van der Waals surface area contributed by atoms with E-state index < -0.39 is 0 Å². The lowest BCUT2D eigenvalue weighted by molar-refractivity contribution is -0.113. The van der Waals surface area contributed by atoms with E-state index in [4.69, 9.17) is 11.6 Å². The number of aromatic nitrogens is 2. The van der Waals surface area contributed by atoms with Gasteiger partial charge in [0.15, 0.2) is 5.16 Å². The molecule has 4 aromatic rings. The Balaban J connectivity index is 1.62. The average molecular weight is 521 g/mol. The van der Waals surface area contributed by atoms with E-state index in [1.165, 1.54) is 23.1 Å². The zero-order chi connectivity index (χ0) is 21.3. The van der Waals surface area contributed by atoms with Gasteiger partial charge in [0.2, 0.25) is 5.91 Å². The first-order valence-electron chi connectivity index (χ1n) is 8.87. The third kappa shape index (κ3) is 4.46. The van der Waals surface area contributed by atoms with E-state index in [0.29, 0.717) is 31.8 Å². The molecule has 1 N–H and O–H groups in total. The largest absolute Gasteiger partial charge is 0.325 e. The number of halogens is 2. The van der Waals surface area contributed by atoms with Gasteiger partial charge in [0.05, 0.1) is 17.0 Å². The molecule has 0 aliphatic rings. The van der Waals surface area contributed by atoms with Gasteiger partial charge in [-0.2, -0.15) is 0 Å². The number of fused-ring (bicyclic) bond motifs is 1. The Bertz CT molecular complexity index is 1300. The van der Waals surface area contributed by atoms with Crippen LogP contribution in [0.4, 0.5) is 5.69 Å². The van der Waals surface area contributed by atoms with Crippen LogP contribution >= 0.6 is 50.6 Å². The molecule has 1 amide bonds. The average Bonchev–Trinajstić information content (AvgIpc) is 3.19. The van der Waals surface area contributed by atoms with Gasteiger partial charge in [-0.25, -0.2) is 4.98 Å². The van der Waals surface area contributed by atoms with Crippen LogP contribution in [0.25, 0.3) is 15.9 Å². The Morgan fingerprint density at radius 1 is 1.23 bits per heavy atom. The molecule has 2 heterocycles. The van der Waals surface area contributed by atoms with E-state index >= 15 is 0 Å². The van der Waals surface area contributed by atoms with Crippen LogP contribution in [0.3, 0.4) is 0 Å². The summed E-state index contributed by atoms with van der Waals surface area (Å²) in [7, 11) is 0. The third-order valence-corrected chi connectivity index (χ3v) is 7.09. The third-order valence-electron chi connectivity index (χ3n) is 4.32. The number of anilines is 1. The second-order valence-electron chi connectivity index (χ2n) is 6.45. The van der Waals surface area contributed by atoms with Crippen LogP contribution in [-0.2, 0) is 4.79 Å². The highest BCUT2D eigenvalue weighted by atomic mass is 79.9. The SMILES string of the molecule is Cc1ccc(NC(=O)CSc2nc3ccsc3c(=O)n2-c2ccc(Br)cc2)cc1Cl. The number of nitrogens with zero attached hydrogens (tertiary/aromatic N) is 2. The molecule has 0 atom stereocenters. The molecule has 0 spiro atoms. The lowest BCUT2D eigenvalue weighted by Gasteiger charge is -2.12. The highest BCUT2D eigenvalue weighted by Crippen LogP contribution is 2.25. The number of thioether (sulfide) groups is 1. The quantitative estimate of drug-likeness (QED) is 0.263. The fourth-order valence-electron chi connectivity index (χ4n) is 2.80. The normalized spacial score (nSPS) is 11.0. The molecule has 0 radical (unpaired) electrons. The number of thiophene rings is 1. The summed E-state index contributed by atoms with van der Waals surface area (Å²) in [5.41, 5.74) is 2.75. The van der Waals surface area contributed by atoms with Crippen LogP contribution in [0, 0.1) is 6.92 Å². The maximum Gasteiger partial charge on any atom is 0.276 e. The lowest BCUT2D eigenvalue weighted by Crippen LogP contribution is -2.22. The minimum absolute atomic E-state index is 0.101. The molecule has 0 fully saturated rings. The molecule has 2 aromatic carbocycles. The molecule has 0 saturated heterocycles. The molecule has 9 heteroatoms. The maximum absolute atomic E-state index is 13.1. The topological polar surface area (TPSA) is 64.0 Å². The van der Waals surface area contributed by atoms with Crippen molar-refractivity contribution in [3.63, 3.8) is 0 Å². The highest BCUT2D eigenvalue weighted by Gasteiger charge is 2.16. The molecule has 152 valence electrons. The number of hydrogen-bond acceptors (Lipinski definition) is 5. The van der Waals surface area contributed by atoms with Crippen LogP contribution in [0.5, 0.6) is 0 Å². The molecular formula is C21H15BrClN3O2S2. The van der Waals surface area contributed by atoms with E-state index in [2.05, 4.69) is 26.2 Å². The minimum Gasteiger partial charge on any atom is -0.325 e. The van der Waals surface area contributed by atoms with Gasteiger partial charge in [0, 0.05) is 15.2 Å². The Hall–Kier alpha value is -2.13. The molecule has 0 aliphatic heterocycles. The van der Waals surface area contributed by atoms with Crippen molar-refractivity contribution >= 4 is 72.4 Å². The van der Waals surface area contributed by atoms with Crippen LogP contribution in [-0.4, -0.2) is 21.2 Å². The van der Waals surface area contributed by atoms with Crippen molar-refractivity contribution in [3.8, 4) is 5.69 Å². The Labute approximate surface area is 194 Å². The zero-order valence-corrected chi connectivity index (χ0v) is 19.7. The van der Waals surface area contributed by atoms with E-state index in [1.54, 1.807) is 16.7 Å². The van der Waals surface area contributed by atoms with Gasteiger partial charge >= 0.3 is 0 Å². The van der Waals surface area contributed by atoms with Gasteiger partial charge in [0.25, 0.3) is 5.56 Å². The number of carbonyl (C=O) groups excluding carboxylic acids is 1. The summed E-state index contributed by atoms with van der Waals surface area (Å²) in [4.78, 5) is 30.2. The molecule has 2 aromatic heterocycles. The van der Waals surface area contributed by atoms with Crippen molar-refractivity contribution in [1.29, 1.82) is 0 Å². The summed E-state index contributed by atoms with van der Waals surface area (Å²) < 4.78 is 3.04. The zero-order valence-electron chi connectivity index (χ0n) is 15.7. The van der Waals surface area contributed by atoms with Gasteiger partial charge in [0.1, 0.15) is 4.70 Å². The summed E-state index contributed by atoms with van der Waals surface area (Å²) in [6.45, 7) is 1.90. The first kappa shape index (κ1) is 21.1.